The van der Waals surface area contributed by atoms with Gasteiger partial charge in [0.05, 0.1) is 7.11 Å². The molecule has 0 spiro atoms. The Balaban J connectivity index is 2.08. The van der Waals surface area contributed by atoms with Crippen LogP contribution in [0, 0.1) is 0 Å². The zero-order valence-corrected chi connectivity index (χ0v) is 13.4. The van der Waals surface area contributed by atoms with Crippen LogP contribution in [0.2, 0.25) is 0 Å². The van der Waals surface area contributed by atoms with Crippen LogP contribution in [-0.4, -0.2) is 42.9 Å². The van der Waals surface area contributed by atoms with E-state index >= 15 is 0 Å². The Morgan fingerprint density at radius 1 is 1.25 bits per heavy atom. The smallest absolute Gasteiger partial charge is 0.118 e. The second-order valence-corrected chi connectivity index (χ2v) is 6.16. The van der Waals surface area contributed by atoms with E-state index in [1.165, 1.54) is 5.56 Å². The van der Waals surface area contributed by atoms with Crippen molar-refractivity contribution in [1.82, 2.24) is 5.32 Å². The zero-order chi connectivity index (χ0) is 14.6. The van der Waals surface area contributed by atoms with E-state index in [0.717, 1.165) is 43.1 Å². The van der Waals surface area contributed by atoms with E-state index in [1.54, 1.807) is 7.11 Å². The van der Waals surface area contributed by atoms with Gasteiger partial charge in [-0.3, -0.25) is 0 Å². The van der Waals surface area contributed by atoms with Gasteiger partial charge in [-0.05, 0) is 49.6 Å². The van der Waals surface area contributed by atoms with E-state index in [1.807, 2.05) is 23.9 Å². The molecule has 2 N–H and O–H groups in total. The van der Waals surface area contributed by atoms with Crippen molar-refractivity contribution in [3.8, 4) is 5.75 Å². The van der Waals surface area contributed by atoms with Crippen molar-refractivity contribution in [2.24, 2.45) is 0 Å². The fraction of sp³-hybridized carbons (Fsp3) is 0.625. The number of aryl methyl sites for hydroxylation is 1. The zero-order valence-electron chi connectivity index (χ0n) is 12.6. The van der Waals surface area contributed by atoms with Crippen LogP contribution in [0.15, 0.2) is 24.3 Å². The highest BCUT2D eigenvalue weighted by atomic mass is 32.2. The summed E-state index contributed by atoms with van der Waals surface area (Å²) in [4.78, 5) is 0. The average molecular weight is 297 g/mol. The molecule has 0 saturated carbocycles. The number of hydrogen-bond acceptors (Lipinski definition) is 4. The van der Waals surface area contributed by atoms with E-state index in [2.05, 4.69) is 24.4 Å². The molecule has 0 bridgehead atoms. The summed E-state index contributed by atoms with van der Waals surface area (Å²) in [5.41, 5.74) is 1.36. The highest BCUT2D eigenvalue weighted by molar-refractivity contribution is 7.99. The minimum atomic E-state index is 0.304. The van der Waals surface area contributed by atoms with Gasteiger partial charge in [0.15, 0.2) is 0 Å². The molecule has 1 atom stereocenters. The molecule has 0 saturated heterocycles. The van der Waals surface area contributed by atoms with Crippen LogP contribution in [0.1, 0.15) is 25.3 Å². The van der Waals surface area contributed by atoms with Gasteiger partial charge < -0.3 is 15.2 Å². The predicted octanol–water partition coefficient (Wildman–Crippen LogP) is 2.72. The van der Waals surface area contributed by atoms with Gasteiger partial charge in [-0.1, -0.05) is 12.1 Å². The van der Waals surface area contributed by atoms with Crippen LogP contribution in [0.5, 0.6) is 5.75 Å². The Morgan fingerprint density at radius 2 is 2.00 bits per heavy atom. The summed E-state index contributed by atoms with van der Waals surface area (Å²) in [5, 5.41) is 12.2. The van der Waals surface area contributed by atoms with Crippen molar-refractivity contribution >= 4 is 11.8 Å². The van der Waals surface area contributed by atoms with Gasteiger partial charge in [0.25, 0.3) is 0 Å². The third-order valence-electron chi connectivity index (χ3n) is 3.21. The molecule has 0 aliphatic rings. The van der Waals surface area contributed by atoms with Gasteiger partial charge in [-0.25, -0.2) is 0 Å². The van der Waals surface area contributed by atoms with E-state index in [0.29, 0.717) is 12.6 Å². The normalized spacial score (nSPS) is 12.3. The Labute approximate surface area is 127 Å². The maximum Gasteiger partial charge on any atom is 0.118 e. The monoisotopic (exact) mass is 297 g/mol. The fourth-order valence-electron chi connectivity index (χ4n) is 1.92. The summed E-state index contributed by atoms with van der Waals surface area (Å²) >= 11 is 1.90. The minimum Gasteiger partial charge on any atom is -0.497 e. The van der Waals surface area contributed by atoms with Crippen LogP contribution in [0.25, 0.3) is 0 Å². The lowest BCUT2D eigenvalue weighted by Crippen LogP contribution is -2.28. The highest BCUT2D eigenvalue weighted by Gasteiger charge is 2.02. The number of ether oxygens (including phenoxy) is 1. The molecule has 0 fully saturated rings. The molecule has 1 aromatic rings. The van der Waals surface area contributed by atoms with Gasteiger partial charge in [0, 0.05) is 24.9 Å². The van der Waals surface area contributed by atoms with E-state index in [4.69, 9.17) is 9.84 Å². The Kier molecular flexibility index (Phi) is 9.54. The van der Waals surface area contributed by atoms with Crippen LogP contribution in [-0.2, 0) is 6.42 Å². The molecule has 1 unspecified atom stereocenters. The third kappa shape index (κ3) is 7.78. The summed E-state index contributed by atoms with van der Waals surface area (Å²) in [7, 11) is 1.69. The van der Waals surface area contributed by atoms with Crippen molar-refractivity contribution in [3.63, 3.8) is 0 Å². The summed E-state index contributed by atoms with van der Waals surface area (Å²) < 4.78 is 5.16. The quantitative estimate of drug-likeness (QED) is 0.616. The van der Waals surface area contributed by atoms with Crippen LogP contribution in [0.4, 0.5) is 0 Å². The molecule has 1 rings (SSSR count). The number of rotatable bonds is 11. The van der Waals surface area contributed by atoms with Crippen molar-refractivity contribution in [2.75, 3.05) is 31.8 Å². The molecule has 1 aromatic carbocycles. The molecule has 3 nitrogen and oxygen atoms in total. The first-order valence-electron chi connectivity index (χ1n) is 7.31. The Morgan fingerprint density at radius 3 is 2.65 bits per heavy atom. The Hall–Kier alpha value is -0.710. The molecule has 0 amide bonds. The number of methoxy groups -OCH3 is 1. The van der Waals surface area contributed by atoms with Gasteiger partial charge >= 0.3 is 0 Å². The SMILES string of the molecule is COc1ccc(CCC(C)NCCSCCCO)cc1. The van der Waals surface area contributed by atoms with E-state index in [-0.39, 0.29) is 0 Å². The van der Waals surface area contributed by atoms with Crippen molar-refractivity contribution < 1.29 is 9.84 Å². The number of benzene rings is 1. The van der Waals surface area contributed by atoms with Crippen LogP contribution < -0.4 is 10.1 Å². The number of aliphatic hydroxyl groups excluding tert-OH is 1. The molecule has 20 heavy (non-hydrogen) atoms. The fourth-order valence-corrected chi connectivity index (χ4v) is 2.72. The number of hydrogen-bond donors (Lipinski definition) is 2. The molecule has 114 valence electrons. The first kappa shape index (κ1) is 17.3. The molecule has 0 aliphatic carbocycles. The number of nitrogens with one attached hydrogen (secondary N) is 1. The molecule has 0 radical (unpaired) electrons. The number of aliphatic hydroxyl groups is 1. The second kappa shape index (κ2) is 11.0. The largest absolute Gasteiger partial charge is 0.497 e. The van der Waals surface area contributed by atoms with Gasteiger partial charge in [0.2, 0.25) is 0 Å². The van der Waals surface area contributed by atoms with Crippen LogP contribution in [0.3, 0.4) is 0 Å². The van der Waals surface area contributed by atoms with Crippen molar-refractivity contribution in [3.05, 3.63) is 29.8 Å². The molecule has 4 heteroatoms. The molecule has 0 aromatic heterocycles. The number of thioether (sulfide) groups is 1. The maximum absolute atomic E-state index is 8.69. The highest BCUT2D eigenvalue weighted by Crippen LogP contribution is 2.13. The summed E-state index contributed by atoms with van der Waals surface area (Å²) in [6.07, 6.45) is 3.14. The molecule has 0 aliphatic heterocycles. The second-order valence-electron chi connectivity index (χ2n) is 4.93. The molecular weight excluding hydrogens is 270 g/mol. The van der Waals surface area contributed by atoms with Crippen molar-refractivity contribution in [1.29, 1.82) is 0 Å². The first-order valence-corrected chi connectivity index (χ1v) is 8.46. The third-order valence-corrected chi connectivity index (χ3v) is 4.28. The van der Waals surface area contributed by atoms with Crippen LogP contribution >= 0.6 is 11.8 Å². The topological polar surface area (TPSA) is 41.5 Å². The standard InChI is InChI=1S/C16H27NO2S/c1-14(17-10-13-20-12-3-11-18)4-5-15-6-8-16(19-2)9-7-15/h6-9,14,17-18H,3-5,10-13H2,1-2H3. The summed E-state index contributed by atoms with van der Waals surface area (Å²) in [6, 6.07) is 8.85. The summed E-state index contributed by atoms with van der Waals surface area (Å²) in [6.45, 7) is 3.58. The molecule has 0 heterocycles. The lowest BCUT2D eigenvalue weighted by atomic mass is 10.1. The van der Waals surface area contributed by atoms with E-state index in [9.17, 15) is 0 Å². The minimum absolute atomic E-state index is 0.304. The van der Waals surface area contributed by atoms with Gasteiger partial charge in [0.1, 0.15) is 5.75 Å². The first-order chi connectivity index (χ1) is 9.76. The summed E-state index contributed by atoms with van der Waals surface area (Å²) in [5.74, 6) is 3.09. The maximum atomic E-state index is 8.69. The van der Waals surface area contributed by atoms with E-state index < -0.39 is 0 Å². The molecular formula is C16H27NO2S. The average Bonchev–Trinajstić information content (AvgIpc) is 2.49. The van der Waals surface area contributed by atoms with Gasteiger partial charge in [-0.2, -0.15) is 11.8 Å². The lowest BCUT2D eigenvalue weighted by molar-refractivity contribution is 0.296. The van der Waals surface area contributed by atoms with Gasteiger partial charge in [-0.15, -0.1) is 0 Å². The Bertz CT molecular complexity index is 343. The predicted molar refractivity (Wildman–Crippen MR) is 87.8 cm³/mol. The van der Waals surface area contributed by atoms with Crippen molar-refractivity contribution in [2.45, 2.75) is 32.2 Å². The lowest BCUT2D eigenvalue weighted by Gasteiger charge is -2.13.